The van der Waals surface area contributed by atoms with Crippen molar-refractivity contribution >= 4 is 42.1 Å². The molecule has 1 amide bonds. The first-order chi connectivity index (χ1) is 13.2. The molecule has 1 aliphatic carbocycles. The largest absolute Gasteiger partial charge is 0.326 e. The molecule has 5 rings (SSSR count). The molecule has 0 bridgehead atoms. The normalized spacial score (nSPS) is 19.2. The van der Waals surface area contributed by atoms with Crippen molar-refractivity contribution in [2.45, 2.75) is 25.7 Å². The average Bonchev–Trinajstić information content (AvgIpc) is 3.24. The second-order valence-corrected chi connectivity index (χ2v) is 7.78. The van der Waals surface area contributed by atoms with Crippen LogP contribution >= 0.6 is 24.8 Å². The minimum atomic E-state index is 0. The molecule has 1 spiro atoms. The maximum Gasteiger partial charge on any atom is 0.228 e. The molecule has 3 heterocycles. The number of nitrogens with zero attached hydrogens (tertiary/aromatic N) is 3. The standard InChI is InChI=1S/C21H23N5O.2ClH/c27-20(17-14-21(17)8-10-22-11-9-21)23-16-6-4-15(5-7-16)13-19-25-24-18-3-1-2-12-26(18)19;;/h1-7,12,17,22H,8-11,13-14H2,(H,23,27);2*1H. The molecule has 8 heteroatoms. The summed E-state index contributed by atoms with van der Waals surface area (Å²) in [5.74, 6) is 1.27. The second kappa shape index (κ2) is 8.69. The monoisotopic (exact) mass is 433 g/mol. The molecular weight excluding hydrogens is 409 g/mol. The van der Waals surface area contributed by atoms with Crippen LogP contribution in [0.3, 0.4) is 0 Å². The Morgan fingerprint density at radius 2 is 1.86 bits per heavy atom. The van der Waals surface area contributed by atoms with Crippen LogP contribution in [-0.2, 0) is 11.2 Å². The van der Waals surface area contributed by atoms with Crippen molar-refractivity contribution in [3.8, 4) is 0 Å². The molecule has 29 heavy (non-hydrogen) atoms. The number of piperidine rings is 1. The Balaban J connectivity index is 0.00000120. The molecule has 0 radical (unpaired) electrons. The van der Waals surface area contributed by atoms with Crippen LogP contribution in [0.4, 0.5) is 5.69 Å². The number of halogens is 2. The van der Waals surface area contributed by atoms with Gasteiger partial charge in [-0.05, 0) is 67.6 Å². The maximum absolute atomic E-state index is 12.6. The minimum Gasteiger partial charge on any atom is -0.326 e. The smallest absolute Gasteiger partial charge is 0.228 e. The molecule has 1 saturated heterocycles. The molecular formula is C21H25Cl2N5O. The van der Waals surface area contributed by atoms with Gasteiger partial charge in [-0.2, -0.15) is 0 Å². The summed E-state index contributed by atoms with van der Waals surface area (Å²) in [5, 5.41) is 15.0. The first kappa shape index (κ1) is 21.6. The first-order valence-electron chi connectivity index (χ1n) is 9.63. The Morgan fingerprint density at radius 3 is 2.62 bits per heavy atom. The number of hydrogen-bond donors (Lipinski definition) is 2. The molecule has 1 unspecified atom stereocenters. The Hall–Kier alpha value is -2.15. The van der Waals surface area contributed by atoms with Crippen LogP contribution in [-0.4, -0.2) is 33.6 Å². The van der Waals surface area contributed by atoms with Crippen LogP contribution in [0.15, 0.2) is 48.7 Å². The van der Waals surface area contributed by atoms with Crippen molar-refractivity contribution < 1.29 is 4.79 Å². The van der Waals surface area contributed by atoms with Gasteiger partial charge >= 0.3 is 0 Å². The number of amides is 1. The third kappa shape index (κ3) is 4.25. The van der Waals surface area contributed by atoms with E-state index in [0.29, 0.717) is 6.42 Å². The molecule has 1 atom stereocenters. The number of benzene rings is 1. The van der Waals surface area contributed by atoms with Crippen LogP contribution in [0.5, 0.6) is 0 Å². The van der Waals surface area contributed by atoms with E-state index in [1.165, 1.54) is 0 Å². The van der Waals surface area contributed by atoms with Gasteiger partial charge in [0.2, 0.25) is 5.91 Å². The number of fused-ring (bicyclic) bond motifs is 1. The van der Waals surface area contributed by atoms with Crippen LogP contribution in [0.2, 0.25) is 0 Å². The van der Waals surface area contributed by atoms with Gasteiger partial charge in [0.25, 0.3) is 0 Å². The molecule has 154 valence electrons. The molecule has 6 nitrogen and oxygen atoms in total. The highest BCUT2D eigenvalue weighted by atomic mass is 35.5. The lowest BCUT2D eigenvalue weighted by Crippen LogP contribution is -2.31. The maximum atomic E-state index is 12.6. The van der Waals surface area contributed by atoms with Crippen LogP contribution in [0.25, 0.3) is 5.65 Å². The van der Waals surface area contributed by atoms with Crippen molar-refractivity contribution in [1.29, 1.82) is 0 Å². The zero-order valence-electron chi connectivity index (χ0n) is 16.0. The molecule has 1 aromatic carbocycles. The number of anilines is 1. The van der Waals surface area contributed by atoms with E-state index in [-0.39, 0.29) is 42.1 Å². The fourth-order valence-corrected chi connectivity index (χ4v) is 4.33. The fourth-order valence-electron chi connectivity index (χ4n) is 4.33. The summed E-state index contributed by atoms with van der Waals surface area (Å²) in [6, 6.07) is 13.9. The lowest BCUT2D eigenvalue weighted by atomic mass is 9.92. The predicted octanol–water partition coefficient (Wildman–Crippen LogP) is 3.49. The number of carbonyl (C=O) groups excluding carboxylic acids is 1. The van der Waals surface area contributed by atoms with Gasteiger partial charge in [0, 0.05) is 24.2 Å². The van der Waals surface area contributed by atoms with Crippen molar-refractivity contribution in [3.05, 3.63) is 60.0 Å². The predicted molar refractivity (Wildman–Crippen MR) is 118 cm³/mol. The van der Waals surface area contributed by atoms with Crippen molar-refractivity contribution in [1.82, 2.24) is 19.9 Å². The van der Waals surface area contributed by atoms with Crippen LogP contribution in [0, 0.1) is 11.3 Å². The summed E-state index contributed by atoms with van der Waals surface area (Å²) in [6.07, 6.45) is 5.97. The topological polar surface area (TPSA) is 71.3 Å². The van der Waals surface area contributed by atoms with Crippen molar-refractivity contribution in [2.75, 3.05) is 18.4 Å². The number of carbonyl (C=O) groups is 1. The summed E-state index contributed by atoms with van der Waals surface area (Å²) in [6.45, 7) is 2.07. The van der Waals surface area contributed by atoms with Gasteiger partial charge in [-0.3, -0.25) is 9.20 Å². The molecule has 2 aliphatic rings. The van der Waals surface area contributed by atoms with Gasteiger partial charge in [-0.1, -0.05) is 18.2 Å². The molecule has 2 aromatic heterocycles. The van der Waals surface area contributed by atoms with E-state index in [0.717, 1.165) is 55.1 Å². The fraction of sp³-hybridized carbons (Fsp3) is 0.381. The van der Waals surface area contributed by atoms with Crippen LogP contribution < -0.4 is 10.6 Å². The van der Waals surface area contributed by atoms with E-state index in [4.69, 9.17) is 0 Å². The summed E-state index contributed by atoms with van der Waals surface area (Å²) in [7, 11) is 0. The quantitative estimate of drug-likeness (QED) is 0.660. The van der Waals surface area contributed by atoms with Crippen molar-refractivity contribution in [3.63, 3.8) is 0 Å². The zero-order valence-corrected chi connectivity index (χ0v) is 17.6. The molecule has 1 aliphatic heterocycles. The molecule has 2 N–H and O–H groups in total. The Morgan fingerprint density at radius 1 is 1.10 bits per heavy atom. The van der Waals surface area contributed by atoms with Gasteiger partial charge in [-0.25, -0.2) is 0 Å². The summed E-state index contributed by atoms with van der Waals surface area (Å²) in [4.78, 5) is 12.6. The lowest BCUT2D eigenvalue weighted by molar-refractivity contribution is -0.118. The summed E-state index contributed by atoms with van der Waals surface area (Å²) >= 11 is 0. The highest BCUT2D eigenvalue weighted by Crippen LogP contribution is 2.58. The van der Waals surface area contributed by atoms with E-state index in [1.807, 2.05) is 53.1 Å². The Bertz CT molecular complexity index is 982. The number of rotatable bonds is 4. The van der Waals surface area contributed by atoms with Crippen molar-refractivity contribution in [2.24, 2.45) is 11.3 Å². The van der Waals surface area contributed by atoms with Gasteiger partial charge in [0.05, 0.1) is 0 Å². The summed E-state index contributed by atoms with van der Waals surface area (Å²) in [5.41, 5.74) is 3.13. The molecule has 3 aromatic rings. The number of nitrogens with one attached hydrogen (secondary N) is 2. The van der Waals surface area contributed by atoms with E-state index in [2.05, 4.69) is 20.8 Å². The Labute approximate surface area is 182 Å². The van der Waals surface area contributed by atoms with E-state index < -0.39 is 0 Å². The number of pyridine rings is 1. The first-order valence-corrected chi connectivity index (χ1v) is 9.63. The molecule has 1 saturated carbocycles. The second-order valence-electron chi connectivity index (χ2n) is 7.78. The van der Waals surface area contributed by atoms with E-state index in [9.17, 15) is 4.79 Å². The van der Waals surface area contributed by atoms with Gasteiger partial charge < -0.3 is 10.6 Å². The minimum absolute atomic E-state index is 0. The Kier molecular flexibility index (Phi) is 6.46. The van der Waals surface area contributed by atoms with Crippen LogP contribution in [0.1, 0.15) is 30.7 Å². The highest BCUT2D eigenvalue weighted by molar-refractivity contribution is 5.95. The number of aromatic nitrogens is 3. The van der Waals surface area contributed by atoms with Gasteiger partial charge in [0.15, 0.2) is 5.65 Å². The summed E-state index contributed by atoms with van der Waals surface area (Å²) < 4.78 is 2.00. The third-order valence-electron chi connectivity index (χ3n) is 6.07. The highest BCUT2D eigenvalue weighted by Gasteiger charge is 2.57. The average molecular weight is 434 g/mol. The third-order valence-corrected chi connectivity index (χ3v) is 6.07. The lowest BCUT2D eigenvalue weighted by Gasteiger charge is -2.23. The SMILES string of the molecule is Cl.Cl.O=C(Nc1ccc(Cc2nnc3ccccn23)cc1)C1CC12CCNCC2. The van der Waals surface area contributed by atoms with Gasteiger partial charge in [0.1, 0.15) is 5.82 Å². The zero-order chi connectivity index (χ0) is 18.3. The number of hydrogen-bond acceptors (Lipinski definition) is 4. The van der Waals surface area contributed by atoms with E-state index >= 15 is 0 Å². The van der Waals surface area contributed by atoms with E-state index in [1.54, 1.807) is 0 Å². The van der Waals surface area contributed by atoms with Gasteiger partial charge in [-0.15, -0.1) is 35.0 Å². The molecule has 2 fully saturated rings.